The number of aromatic nitrogens is 5. The highest BCUT2D eigenvalue weighted by atomic mass is 35.5. The molecule has 1 aliphatic rings. The second-order valence-electron chi connectivity index (χ2n) is 9.47. The number of nitrogens with zero attached hydrogens (tertiary/aromatic N) is 8. The third-order valence-corrected chi connectivity index (χ3v) is 8.17. The van der Waals surface area contributed by atoms with Crippen LogP contribution in [-0.4, -0.2) is 84.0 Å². The smallest absolute Gasteiger partial charge is 0.211 e. The van der Waals surface area contributed by atoms with Crippen LogP contribution in [0.3, 0.4) is 0 Å². The molecule has 11 nitrogen and oxygen atoms in total. The minimum absolute atomic E-state index is 0.175. The molecule has 0 unspecified atom stereocenters. The molecule has 200 valence electrons. The minimum Gasteiger partial charge on any atom is -0.375 e. The zero-order valence-electron chi connectivity index (χ0n) is 21.5. The molecule has 0 amide bonds. The van der Waals surface area contributed by atoms with Gasteiger partial charge in [-0.2, -0.15) is 9.40 Å². The van der Waals surface area contributed by atoms with E-state index in [-0.39, 0.29) is 11.9 Å². The lowest BCUT2D eigenvalue weighted by atomic mass is 10.0. The van der Waals surface area contributed by atoms with Gasteiger partial charge in [-0.3, -0.25) is 4.68 Å². The Balaban J connectivity index is 1.48. The number of likely N-dealkylation sites (N-methyl/N-ethyl adjacent to an activating group) is 1. The quantitative estimate of drug-likeness (QED) is 0.365. The second-order valence-corrected chi connectivity index (χ2v) is 11.9. The predicted octanol–water partition coefficient (Wildman–Crippen LogP) is 3.11. The zero-order chi connectivity index (χ0) is 27.4. The third kappa shape index (κ3) is 4.84. The first-order chi connectivity index (χ1) is 17.9. The van der Waals surface area contributed by atoms with Crippen molar-refractivity contribution >= 4 is 55.4 Å². The molecule has 1 N–H and O–H groups in total. The lowest BCUT2D eigenvalue weighted by Gasteiger charge is -2.45. The SMILES string of the molecule is CN(C)c1c(F)cc(N2CC(N(C)S(C)(=O)=O)C2)c2cnc(Nc3ccnc(-c4cn(C)nc4Cl)n3)cc12. The van der Waals surface area contributed by atoms with Crippen LogP contribution >= 0.6 is 11.6 Å². The molecule has 0 aliphatic carbocycles. The fraction of sp³-hybridized carbons (Fsp3) is 0.333. The van der Waals surface area contributed by atoms with Gasteiger partial charge in [-0.1, -0.05) is 11.6 Å². The first kappa shape index (κ1) is 26.1. The van der Waals surface area contributed by atoms with Gasteiger partial charge in [0.2, 0.25) is 10.0 Å². The molecule has 0 atom stereocenters. The van der Waals surface area contributed by atoms with Crippen molar-refractivity contribution in [3.05, 3.63) is 47.8 Å². The summed E-state index contributed by atoms with van der Waals surface area (Å²) in [7, 11) is 3.57. The van der Waals surface area contributed by atoms with Gasteiger partial charge in [-0.25, -0.2) is 27.8 Å². The van der Waals surface area contributed by atoms with E-state index in [0.29, 0.717) is 58.0 Å². The van der Waals surface area contributed by atoms with Gasteiger partial charge in [0, 0.05) is 82.4 Å². The van der Waals surface area contributed by atoms with E-state index in [4.69, 9.17) is 11.6 Å². The number of fused-ring (bicyclic) bond motifs is 1. The Morgan fingerprint density at radius 3 is 2.50 bits per heavy atom. The fourth-order valence-corrected chi connectivity index (χ4v) is 5.42. The van der Waals surface area contributed by atoms with E-state index < -0.39 is 10.0 Å². The van der Waals surface area contributed by atoms with E-state index in [1.807, 2.05) is 4.90 Å². The van der Waals surface area contributed by atoms with Crippen LogP contribution in [-0.2, 0) is 17.1 Å². The molecule has 0 bridgehead atoms. The third-order valence-electron chi connectivity index (χ3n) is 6.55. The highest BCUT2D eigenvalue weighted by Gasteiger charge is 2.35. The molecule has 38 heavy (non-hydrogen) atoms. The van der Waals surface area contributed by atoms with E-state index in [9.17, 15) is 8.42 Å². The molecule has 5 rings (SSSR count). The second kappa shape index (κ2) is 9.64. The highest BCUT2D eigenvalue weighted by Crippen LogP contribution is 2.39. The van der Waals surface area contributed by atoms with E-state index in [1.165, 1.54) is 16.6 Å². The van der Waals surface area contributed by atoms with E-state index in [1.54, 1.807) is 68.5 Å². The van der Waals surface area contributed by atoms with Crippen molar-refractivity contribution in [2.24, 2.45) is 7.05 Å². The lowest BCUT2D eigenvalue weighted by Crippen LogP contribution is -2.59. The Kier molecular flexibility index (Phi) is 6.61. The standard InChI is InChI=1S/C24H27ClFN9O2S/c1-32(2)22-15-8-21(29-20-6-7-27-24(30-20)17-13-33(3)31-23(17)25)28-10-16(15)19(9-18(22)26)35-11-14(12-35)34(4)38(5,36)37/h6-10,13-14H,11-12H2,1-5H3,(H,27,28,29,30). The summed E-state index contributed by atoms with van der Waals surface area (Å²) in [6.45, 7) is 0.917. The maximum absolute atomic E-state index is 15.4. The van der Waals surface area contributed by atoms with Crippen LogP contribution in [0.15, 0.2) is 36.8 Å². The van der Waals surface area contributed by atoms with Crippen LogP contribution in [0.4, 0.5) is 27.4 Å². The number of hydrogen-bond acceptors (Lipinski definition) is 9. The lowest BCUT2D eigenvalue weighted by molar-refractivity contribution is 0.313. The van der Waals surface area contributed by atoms with Gasteiger partial charge in [-0.05, 0) is 12.1 Å². The number of pyridine rings is 1. The number of nitrogens with one attached hydrogen (secondary N) is 1. The molecule has 0 radical (unpaired) electrons. The molecule has 3 aromatic heterocycles. The molecule has 4 aromatic rings. The van der Waals surface area contributed by atoms with E-state index in [2.05, 4.69) is 25.4 Å². The van der Waals surface area contributed by atoms with Gasteiger partial charge in [0.15, 0.2) is 11.0 Å². The van der Waals surface area contributed by atoms with Crippen molar-refractivity contribution in [2.45, 2.75) is 6.04 Å². The van der Waals surface area contributed by atoms with Crippen molar-refractivity contribution in [3.8, 4) is 11.4 Å². The number of halogens is 2. The fourth-order valence-electron chi connectivity index (χ4n) is 4.49. The number of sulfonamides is 1. The Hall–Kier alpha value is -3.55. The molecule has 1 aromatic carbocycles. The summed E-state index contributed by atoms with van der Waals surface area (Å²) in [6, 6.07) is 4.78. The maximum Gasteiger partial charge on any atom is 0.211 e. The summed E-state index contributed by atoms with van der Waals surface area (Å²) < 4.78 is 42.1. The molecular weight excluding hydrogens is 533 g/mol. The molecule has 0 spiro atoms. The average Bonchev–Trinajstić information content (AvgIpc) is 3.15. The van der Waals surface area contributed by atoms with Crippen molar-refractivity contribution in [3.63, 3.8) is 0 Å². The molecule has 1 fully saturated rings. The van der Waals surface area contributed by atoms with Crippen LogP contribution in [0.1, 0.15) is 0 Å². The van der Waals surface area contributed by atoms with Crippen LogP contribution in [0.25, 0.3) is 22.2 Å². The Morgan fingerprint density at radius 1 is 1.13 bits per heavy atom. The monoisotopic (exact) mass is 559 g/mol. The highest BCUT2D eigenvalue weighted by molar-refractivity contribution is 7.88. The van der Waals surface area contributed by atoms with Crippen molar-refractivity contribution in [1.82, 2.24) is 29.0 Å². The number of hydrogen-bond donors (Lipinski definition) is 1. The molecule has 4 heterocycles. The maximum atomic E-state index is 15.4. The molecule has 14 heteroatoms. The Bertz CT molecular complexity index is 1640. The summed E-state index contributed by atoms with van der Waals surface area (Å²) in [5, 5.41) is 9.01. The molecule has 1 aliphatic heterocycles. The van der Waals surface area contributed by atoms with Gasteiger partial charge >= 0.3 is 0 Å². The molecule has 0 saturated carbocycles. The van der Waals surface area contributed by atoms with Gasteiger partial charge < -0.3 is 15.1 Å². The van der Waals surface area contributed by atoms with Crippen LogP contribution < -0.4 is 15.1 Å². The summed E-state index contributed by atoms with van der Waals surface area (Å²) >= 11 is 6.20. The Morgan fingerprint density at radius 2 is 1.87 bits per heavy atom. The zero-order valence-corrected chi connectivity index (χ0v) is 23.1. The predicted molar refractivity (Wildman–Crippen MR) is 147 cm³/mol. The summed E-state index contributed by atoms with van der Waals surface area (Å²) in [6.07, 6.45) is 6.21. The number of aryl methyl sites for hydroxylation is 1. The van der Waals surface area contributed by atoms with Gasteiger partial charge in [0.05, 0.1) is 23.5 Å². The van der Waals surface area contributed by atoms with E-state index in [0.717, 1.165) is 5.39 Å². The number of benzene rings is 1. The summed E-state index contributed by atoms with van der Waals surface area (Å²) in [5.41, 5.74) is 1.68. The minimum atomic E-state index is -3.31. The summed E-state index contributed by atoms with van der Waals surface area (Å²) in [4.78, 5) is 17.1. The number of anilines is 4. The normalized spacial score (nSPS) is 14.3. The van der Waals surface area contributed by atoms with Gasteiger partial charge in [0.25, 0.3) is 0 Å². The van der Waals surface area contributed by atoms with Crippen molar-refractivity contribution in [2.75, 3.05) is 55.6 Å². The van der Waals surface area contributed by atoms with Crippen LogP contribution in [0.2, 0.25) is 5.15 Å². The molecule has 1 saturated heterocycles. The van der Waals surface area contributed by atoms with Gasteiger partial charge in [0.1, 0.15) is 17.5 Å². The van der Waals surface area contributed by atoms with Gasteiger partial charge in [-0.15, -0.1) is 0 Å². The first-order valence-corrected chi connectivity index (χ1v) is 13.9. The molecular formula is C24H27ClFN9O2S. The van der Waals surface area contributed by atoms with E-state index >= 15 is 4.39 Å². The van der Waals surface area contributed by atoms with Crippen molar-refractivity contribution < 1.29 is 12.8 Å². The van der Waals surface area contributed by atoms with Crippen LogP contribution in [0, 0.1) is 5.82 Å². The van der Waals surface area contributed by atoms with Crippen molar-refractivity contribution in [1.29, 1.82) is 0 Å². The Labute approximate surface area is 224 Å². The largest absolute Gasteiger partial charge is 0.375 e. The first-order valence-electron chi connectivity index (χ1n) is 11.7. The topological polar surface area (TPSA) is 112 Å². The number of rotatable bonds is 7. The van der Waals surface area contributed by atoms with Crippen LogP contribution in [0.5, 0.6) is 0 Å². The summed E-state index contributed by atoms with van der Waals surface area (Å²) in [5.74, 6) is 0.976. The average molecular weight is 560 g/mol.